The summed E-state index contributed by atoms with van der Waals surface area (Å²) in [6, 6.07) is 7.80. The number of aryl methyl sites for hydroxylation is 2. The molecule has 0 unspecified atom stereocenters. The van der Waals surface area contributed by atoms with E-state index in [-0.39, 0.29) is 17.2 Å². The first kappa shape index (κ1) is 16.2. The maximum absolute atomic E-state index is 12.4. The van der Waals surface area contributed by atoms with Crippen LogP contribution in [0.5, 0.6) is 0 Å². The lowest BCUT2D eigenvalue weighted by Gasteiger charge is -2.21. The summed E-state index contributed by atoms with van der Waals surface area (Å²) in [4.78, 5) is 28.2. The number of carbonyl (C=O) groups excluding carboxylic acids is 1. The Labute approximate surface area is 133 Å². The second kappa shape index (κ2) is 7.22. The van der Waals surface area contributed by atoms with E-state index in [4.69, 9.17) is 0 Å². The van der Waals surface area contributed by atoms with E-state index in [2.05, 4.69) is 15.2 Å². The van der Waals surface area contributed by atoms with Gasteiger partial charge in [0.25, 0.3) is 5.56 Å². The fraction of sp³-hybridized carbons (Fsp3) is 0.333. The van der Waals surface area contributed by atoms with E-state index in [1.54, 1.807) is 11.8 Å². The zero-order chi connectivity index (χ0) is 16.1. The molecule has 6 nitrogen and oxygen atoms in total. The van der Waals surface area contributed by atoms with Gasteiger partial charge in [0, 0.05) is 12.2 Å². The molecule has 2 aromatic rings. The van der Waals surface area contributed by atoms with Gasteiger partial charge in [-0.3, -0.25) is 14.6 Å². The van der Waals surface area contributed by atoms with Crippen LogP contribution in [0.3, 0.4) is 0 Å². The van der Waals surface area contributed by atoms with Gasteiger partial charge in [-0.25, -0.2) is 0 Å². The summed E-state index contributed by atoms with van der Waals surface area (Å²) in [6.45, 7) is 6.09. The molecule has 1 aromatic carbocycles. The molecule has 0 radical (unpaired) electrons. The van der Waals surface area contributed by atoms with Crippen LogP contribution in [0.2, 0.25) is 0 Å². The lowest BCUT2D eigenvalue weighted by atomic mass is 10.2. The van der Waals surface area contributed by atoms with Crippen molar-refractivity contribution in [2.45, 2.75) is 25.9 Å². The number of aromatic amines is 1. The van der Waals surface area contributed by atoms with Crippen LogP contribution < -0.4 is 10.5 Å². The van der Waals surface area contributed by atoms with Crippen LogP contribution in [0.25, 0.3) is 0 Å². The second-order valence-corrected chi connectivity index (χ2v) is 5.77. The molecule has 0 saturated carbocycles. The van der Waals surface area contributed by atoms with Gasteiger partial charge in [0.2, 0.25) is 5.91 Å². The van der Waals surface area contributed by atoms with Crippen molar-refractivity contribution in [2.24, 2.45) is 0 Å². The summed E-state index contributed by atoms with van der Waals surface area (Å²) in [5.74, 6) is 0.150. The number of H-pyrrole nitrogens is 1. The zero-order valence-corrected chi connectivity index (χ0v) is 13.6. The van der Waals surface area contributed by atoms with Gasteiger partial charge in [0.15, 0.2) is 5.16 Å². The Hall–Kier alpha value is -2.15. The molecule has 0 aliphatic heterocycles. The Morgan fingerprint density at radius 3 is 2.73 bits per heavy atom. The number of rotatable bonds is 5. The summed E-state index contributed by atoms with van der Waals surface area (Å²) in [7, 11) is 0. The van der Waals surface area contributed by atoms with Gasteiger partial charge in [-0.1, -0.05) is 23.9 Å². The lowest BCUT2D eigenvalue weighted by molar-refractivity contribution is -0.116. The van der Waals surface area contributed by atoms with Crippen LogP contribution in [0, 0.1) is 13.8 Å². The fourth-order valence-corrected chi connectivity index (χ4v) is 2.63. The first-order chi connectivity index (χ1) is 10.5. The third kappa shape index (κ3) is 3.94. The largest absolute Gasteiger partial charge is 0.312 e. The quantitative estimate of drug-likeness (QED) is 0.852. The van der Waals surface area contributed by atoms with Crippen molar-refractivity contribution in [3.63, 3.8) is 0 Å². The normalized spacial score (nSPS) is 10.5. The summed E-state index contributed by atoms with van der Waals surface area (Å²) >= 11 is 1.17. The third-order valence-electron chi connectivity index (χ3n) is 3.10. The molecule has 2 rings (SSSR count). The molecule has 0 saturated heterocycles. The van der Waals surface area contributed by atoms with Crippen molar-refractivity contribution in [3.05, 3.63) is 45.9 Å². The van der Waals surface area contributed by atoms with Crippen molar-refractivity contribution < 1.29 is 4.79 Å². The maximum atomic E-state index is 12.4. The molecule has 7 heteroatoms. The minimum Gasteiger partial charge on any atom is -0.312 e. The van der Waals surface area contributed by atoms with Gasteiger partial charge in [0.05, 0.1) is 5.75 Å². The van der Waals surface area contributed by atoms with Crippen LogP contribution in [-0.2, 0) is 4.79 Å². The Kier molecular flexibility index (Phi) is 5.32. The van der Waals surface area contributed by atoms with Crippen LogP contribution >= 0.6 is 11.8 Å². The van der Waals surface area contributed by atoms with Crippen molar-refractivity contribution in [2.75, 3.05) is 17.2 Å². The predicted octanol–water partition coefficient (Wildman–Crippen LogP) is 1.93. The SMILES string of the molecule is CCN(C(=O)CSc1nnc(C)c(=O)[nH]1)c1cccc(C)c1. The van der Waals surface area contributed by atoms with Crippen molar-refractivity contribution in [1.82, 2.24) is 15.2 Å². The maximum Gasteiger partial charge on any atom is 0.273 e. The Balaban J connectivity index is 2.06. The highest BCUT2D eigenvalue weighted by atomic mass is 32.2. The lowest BCUT2D eigenvalue weighted by Crippen LogP contribution is -2.32. The minimum absolute atomic E-state index is 0.0404. The topological polar surface area (TPSA) is 79.0 Å². The van der Waals surface area contributed by atoms with E-state index >= 15 is 0 Å². The summed E-state index contributed by atoms with van der Waals surface area (Å²) in [5.41, 5.74) is 2.00. The second-order valence-electron chi connectivity index (χ2n) is 4.81. The molecular weight excluding hydrogens is 300 g/mol. The molecule has 0 fully saturated rings. The minimum atomic E-state index is -0.281. The van der Waals surface area contributed by atoms with Crippen LogP contribution in [0.1, 0.15) is 18.2 Å². The molecule has 22 heavy (non-hydrogen) atoms. The summed E-state index contributed by atoms with van der Waals surface area (Å²) in [6.07, 6.45) is 0. The number of nitrogens with zero attached hydrogens (tertiary/aromatic N) is 3. The number of thioether (sulfide) groups is 1. The van der Waals surface area contributed by atoms with Crippen LogP contribution in [0.15, 0.2) is 34.2 Å². The average molecular weight is 318 g/mol. The number of hydrogen-bond acceptors (Lipinski definition) is 5. The number of aromatic nitrogens is 3. The van der Waals surface area contributed by atoms with Crippen molar-refractivity contribution in [3.8, 4) is 0 Å². The molecular formula is C15H18N4O2S. The van der Waals surface area contributed by atoms with E-state index in [0.29, 0.717) is 17.4 Å². The third-order valence-corrected chi connectivity index (χ3v) is 3.95. The summed E-state index contributed by atoms with van der Waals surface area (Å²) < 4.78 is 0. The Morgan fingerprint density at radius 1 is 1.32 bits per heavy atom. The molecule has 1 amide bonds. The number of benzene rings is 1. The number of amides is 1. The molecule has 0 bridgehead atoms. The summed E-state index contributed by atoms with van der Waals surface area (Å²) in [5, 5.41) is 7.97. The Morgan fingerprint density at radius 2 is 2.09 bits per heavy atom. The number of nitrogens with one attached hydrogen (secondary N) is 1. The van der Waals surface area contributed by atoms with Gasteiger partial charge < -0.3 is 4.90 Å². The van der Waals surface area contributed by atoms with E-state index in [9.17, 15) is 9.59 Å². The molecule has 0 aliphatic rings. The predicted molar refractivity (Wildman–Crippen MR) is 87.3 cm³/mol. The van der Waals surface area contributed by atoms with E-state index < -0.39 is 0 Å². The van der Waals surface area contributed by atoms with Gasteiger partial charge in [0.1, 0.15) is 5.69 Å². The molecule has 1 heterocycles. The standard InChI is InChI=1S/C15H18N4O2S/c1-4-19(12-7-5-6-10(2)8-12)13(20)9-22-15-16-14(21)11(3)17-18-15/h5-8H,4,9H2,1-3H3,(H,16,18,21). The van der Waals surface area contributed by atoms with Crippen LogP contribution in [0.4, 0.5) is 5.69 Å². The molecule has 0 spiro atoms. The monoisotopic (exact) mass is 318 g/mol. The first-order valence-corrected chi connectivity index (χ1v) is 7.93. The van der Waals surface area contributed by atoms with E-state index in [1.165, 1.54) is 11.8 Å². The van der Waals surface area contributed by atoms with Gasteiger partial charge >= 0.3 is 0 Å². The Bertz CT molecular complexity index is 729. The molecule has 1 aromatic heterocycles. The van der Waals surface area contributed by atoms with Gasteiger partial charge in [-0.15, -0.1) is 10.2 Å². The average Bonchev–Trinajstić information content (AvgIpc) is 2.49. The molecule has 116 valence electrons. The van der Waals surface area contributed by atoms with Gasteiger partial charge in [-0.05, 0) is 38.5 Å². The molecule has 1 N–H and O–H groups in total. The fourth-order valence-electron chi connectivity index (χ4n) is 1.95. The van der Waals surface area contributed by atoms with Crippen molar-refractivity contribution in [1.29, 1.82) is 0 Å². The highest BCUT2D eigenvalue weighted by Crippen LogP contribution is 2.18. The highest BCUT2D eigenvalue weighted by molar-refractivity contribution is 7.99. The van der Waals surface area contributed by atoms with Crippen molar-refractivity contribution >= 4 is 23.4 Å². The molecule has 0 atom stereocenters. The molecule has 0 aliphatic carbocycles. The number of carbonyl (C=O) groups is 1. The number of hydrogen-bond donors (Lipinski definition) is 1. The van der Waals surface area contributed by atoms with Crippen LogP contribution in [-0.4, -0.2) is 33.4 Å². The van der Waals surface area contributed by atoms with E-state index in [0.717, 1.165) is 11.3 Å². The number of anilines is 1. The highest BCUT2D eigenvalue weighted by Gasteiger charge is 2.15. The van der Waals surface area contributed by atoms with Gasteiger partial charge in [-0.2, -0.15) is 0 Å². The first-order valence-electron chi connectivity index (χ1n) is 6.94. The smallest absolute Gasteiger partial charge is 0.273 e. The zero-order valence-electron chi connectivity index (χ0n) is 12.8. The van der Waals surface area contributed by atoms with E-state index in [1.807, 2.05) is 38.1 Å².